The van der Waals surface area contributed by atoms with Crippen LogP contribution in [-0.4, -0.2) is 58.8 Å². The number of rotatable bonds is 2. The van der Waals surface area contributed by atoms with E-state index >= 15 is 0 Å². The Kier molecular flexibility index (Phi) is 2.88. The van der Waals surface area contributed by atoms with Gasteiger partial charge in [0.25, 0.3) is 0 Å². The Morgan fingerprint density at radius 1 is 1.14 bits per heavy atom. The Morgan fingerprint density at radius 2 is 1.76 bits per heavy atom. The zero-order chi connectivity index (χ0) is 14.2. The van der Waals surface area contributed by atoms with Crippen LogP contribution in [0.1, 0.15) is 0 Å². The van der Waals surface area contributed by atoms with Gasteiger partial charge in [-0.2, -0.15) is 15.0 Å². The average Bonchev–Trinajstić information content (AvgIpc) is 3.10. The molecule has 1 amide bonds. The summed E-state index contributed by atoms with van der Waals surface area (Å²) in [5, 5.41) is 11.9. The van der Waals surface area contributed by atoms with Crippen LogP contribution in [0.2, 0.25) is 0 Å². The number of aromatic nitrogens is 3. The van der Waals surface area contributed by atoms with Crippen LogP contribution in [-0.2, 0) is 11.3 Å². The lowest BCUT2D eigenvalue weighted by Crippen LogP contribution is -2.47. The second-order valence-electron chi connectivity index (χ2n) is 5.06. The fourth-order valence-electron chi connectivity index (χ4n) is 2.56. The Hall–Kier alpha value is -2.35. The number of piperazine rings is 1. The molecule has 2 aliphatic rings. The van der Waals surface area contributed by atoms with Crippen molar-refractivity contribution in [2.24, 2.45) is 0 Å². The van der Waals surface area contributed by atoms with E-state index in [-0.39, 0.29) is 19.2 Å². The zero-order valence-corrected chi connectivity index (χ0v) is 11.4. The predicted octanol–water partition coefficient (Wildman–Crippen LogP) is -0.408. The fraction of sp³-hybridized carbons (Fsp3) is 0.462. The Bertz CT molecular complexity index is 651. The second-order valence-corrected chi connectivity index (χ2v) is 5.06. The topological polar surface area (TPSA) is 81.5 Å². The van der Waals surface area contributed by atoms with Gasteiger partial charge in [-0.3, -0.25) is 4.79 Å². The number of carbonyl (C=O) groups excluding carboxylic acids is 1. The van der Waals surface area contributed by atoms with Gasteiger partial charge in [0.05, 0.1) is 0 Å². The summed E-state index contributed by atoms with van der Waals surface area (Å²) in [6, 6.07) is 3.58. The van der Waals surface area contributed by atoms with E-state index in [2.05, 4.69) is 15.5 Å². The highest BCUT2D eigenvalue weighted by atomic mass is 16.7. The number of ether oxygens (including phenoxy) is 2. The molecule has 0 radical (unpaired) electrons. The maximum atomic E-state index is 12.2. The first kappa shape index (κ1) is 12.4. The van der Waals surface area contributed by atoms with E-state index in [1.54, 1.807) is 12.1 Å². The van der Waals surface area contributed by atoms with Gasteiger partial charge >= 0.3 is 0 Å². The lowest BCUT2D eigenvalue weighted by Gasteiger charge is -2.27. The molecule has 8 heteroatoms. The number of amides is 1. The summed E-state index contributed by atoms with van der Waals surface area (Å²) < 4.78 is 10.6. The van der Waals surface area contributed by atoms with Crippen LogP contribution in [0.3, 0.4) is 0 Å². The van der Waals surface area contributed by atoms with Crippen molar-refractivity contribution in [3.05, 3.63) is 12.1 Å². The number of nitrogens with zero attached hydrogens (tertiary/aromatic N) is 4. The van der Waals surface area contributed by atoms with Crippen LogP contribution in [0.15, 0.2) is 12.1 Å². The summed E-state index contributed by atoms with van der Waals surface area (Å²) in [5.74, 6) is 1.38. The monoisotopic (exact) mass is 289 g/mol. The van der Waals surface area contributed by atoms with Gasteiger partial charge in [-0.05, 0) is 0 Å². The van der Waals surface area contributed by atoms with Gasteiger partial charge in [-0.15, -0.1) is 0 Å². The summed E-state index contributed by atoms with van der Waals surface area (Å²) in [6.07, 6.45) is 0. The molecule has 0 bridgehead atoms. The number of nitrogens with one attached hydrogen (secondary N) is 1. The van der Waals surface area contributed by atoms with Crippen LogP contribution in [0, 0.1) is 0 Å². The highest BCUT2D eigenvalue weighted by Crippen LogP contribution is 2.34. The molecule has 3 heterocycles. The number of hydrogen-bond donors (Lipinski definition) is 1. The molecule has 2 aliphatic heterocycles. The van der Waals surface area contributed by atoms with Crippen molar-refractivity contribution in [3.63, 3.8) is 0 Å². The van der Waals surface area contributed by atoms with Crippen molar-refractivity contribution < 1.29 is 14.3 Å². The molecular weight excluding hydrogens is 274 g/mol. The van der Waals surface area contributed by atoms with Crippen molar-refractivity contribution >= 4 is 16.9 Å². The van der Waals surface area contributed by atoms with E-state index in [1.807, 2.05) is 4.90 Å². The molecule has 110 valence electrons. The van der Waals surface area contributed by atoms with E-state index in [0.717, 1.165) is 26.2 Å². The van der Waals surface area contributed by atoms with Gasteiger partial charge in [-0.1, -0.05) is 0 Å². The van der Waals surface area contributed by atoms with E-state index in [1.165, 1.54) is 4.80 Å². The van der Waals surface area contributed by atoms with Gasteiger partial charge in [-0.25, -0.2) is 0 Å². The van der Waals surface area contributed by atoms with Crippen LogP contribution < -0.4 is 14.8 Å². The minimum absolute atomic E-state index is 0.0387. The molecule has 0 unspecified atom stereocenters. The lowest BCUT2D eigenvalue weighted by atomic mass is 10.3. The van der Waals surface area contributed by atoms with Gasteiger partial charge in [0, 0.05) is 38.3 Å². The molecule has 1 aromatic carbocycles. The molecule has 1 saturated heterocycles. The molecule has 0 saturated carbocycles. The third-order valence-electron chi connectivity index (χ3n) is 3.66. The molecule has 0 aliphatic carbocycles. The first-order valence-electron chi connectivity index (χ1n) is 6.92. The lowest BCUT2D eigenvalue weighted by molar-refractivity contribution is -0.132. The number of benzene rings is 1. The first-order chi connectivity index (χ1) is 10.3. The molecule has 1 N–H and O–H groups in total. The maximum Gasteiger partial charge on any atom is 0.246 e. The third-order valence-corrected chi connectivity index (χ3v) is 3.66. The van der Waals surface area contributed by atoms with Crippen LogP contribution in [0.25, 0.3) is 11.0 Å². The summed E-state index contributed by atoms with van der Waals surface area (Å²) in [5.41, 5.74) is 1.40. The Labute approximate surface area is 120 Å². The van der Waals surface area contributed by atoms with E-state index in [4.69, 9.17) is 9.47 Å². The van der Waals surface area contributed by atoms with Crippen LogP contribution >= 0.6 is 0 Å². The maximum absolute atomic E-state index is 12.2. The van der Waals surface area contributed by atoms with Crippen molar-refractivity contribution in [2.45, 2.75) is 6.54 Å². The largest absolute Gasteiger partial charge is 0.454 e. The third kappa shape index (κ3) is 2.27. The molecule has 0 atom stereocenters. The highest BCUT2D eigenvalue weighted by molar-refractivity contribution is 5.80. The molecule has 8 nitrogen and oxygen atoms in total. The van der Waals surface area contributed by atoms with Gasteiger partial charge in [0.2, 0.25) is 12.7 Å². The summed E-state index contributed by atoms with van der Waals surface area (Å²) in [4.78, 5) is 15.5. The molecule has 1 aromatic heterocycles. The van der Waals surface area contributed by atoms with Crippen LogP contribution in [0.5, 0.6) is 11.5 Å². The van der Waals surface area contributed by atoms with Crippen LogP contribution in [0.4, 0.5) is 0 Å². The SMILES string of the molecule is O=C(Cn1nc2cc3c(cc2n1)OCO3)N1CCNCC1. The number of fused-ring (bicyclic) bond motifs is 2. The van der Waals surface area contributed by atoms with E-state index in [9.17, 15) is 4.79 Å². The Morgan fingerprint density at radius 3 is 2.38 bits per heavy atom. The van der Waals surface area contributed by atoms with Crippen molar-refractivity contribution in [3.8, 4) is 11.5 Å². The van der Waals surface area contributed by atoms with E-state index < -0.39 is 0 Å². The molecule has 0 spiro atoms. The molecule has 21 heavy (non-hydrogen) atoms. The number of carbonyl (C=O) groups is 1. The summed E-state index contributed by atoms with van der Waals surface area (Å²) in [7, 11) is 0. The zero-order valence-electron chi connectivity index (χ0n) is 11.4. The smallest absolute Gasteiger partial charge is 0.246 e. The summed E-state index contributed by atoms with van der Waals surface area (Å²) in [6.45, 7) is 3.51. The highest BCUT2D eigenvalue weighted by Gasteiger charge is 2.19. The second kappa shape index (κ2) is 4.88. The minimum atomic E-state index is 0.0387. The van der Waals surface area contributed by atoms with Gasteiger partial charge in [0.1, 0.15) is 17.6 Å². The van der Waals surface area contributed by atoms with E-state index in [0.29, 0.717) is 22.5 Å². The minimum Gasteiger partial charge on any atom is -0.454 e. The average molecular weight is 289 g/mol. The fourth-order valence-corrected chi connectivity index (χ4v) is 2.56. The van der Waals surface area contributed by atoms with Crippen molar-refractivity contribution in [2.75, 3.05) is 33.0 Å². The first-order valence-corrected chi connectivity index (χ1v) is 6.92. The molecule has 1 fully saturated rings. The van der Waals surface area contributed by atoms with Crippen molar-refractivity contribution in [1.29, 1.82) is 0 Å². The molecule has 4 rings (SSSR count). The molecule has 2 aromatic rings. The summed E-state index contributed by atoms with van der Waals surface area (Å²) >= 11 is 0. The van der Waals surface area contributed by atoms with Crippen molar-refractivity contribution in [1.82, 2.24) is 25.2 Å². The Balaban J connectivity index is 1.55. The standard InChI is InChI=1S/C13H15N5O3/c19-13(17-3-1-14-2-4-17)7-18-15-9-5-11-12(21-8-20-11)6-10(9)16-18/h5-6,14H,1-4,7-8H2. The predicted molar refractivity (Wildman–Crippen MR) is 73.1 cm³/mol. The number of hydrogen-bond acceptors (Lipinski definition) is 6. The quantitative estimate of drug-likeness (QED) is 0.809. The molecular formula is C13H15N5O3. The van der Waals surface area contributed by atoms with Gasteiger partial charge < -0.3 is 19.7 Å². The normalized spacial score (nSPS) is 17.4. The van der Waals surface area contributed by atoms with Gasteiger partial charge in [0.15, 0.2) is 11.5 Å².